The molecule has 0 radical (unpaired) electrons. The standard InChI is InChI=1S/C14H13N3O3/c1-8-13(9(2)18)14-16(7-12(19)20)10-5-3-4-6-11(10)17(14)15-8/h3-6H,7H2,1-2H3,(H,19,20)/p-1. The van der Waals surface area contributed by atoms with Gasteiger partial charge < -0.3 is 14.5 Å². The Morgan fingerprint density at radius 3 is 2.50 bits per heavy atom. The SMILES string of the molecule is CC(=O)c1c(C)nn2c3ccccc3n(CC(=O)[O-])c12. The molecule has 0 N–H and O–H groups in total. The summed E-state index contributed by atoms with van der Waals surface area (Å²) in [5.74, 6) is -1.35. The molecule has 0 fully saturated rings. The molecule has 0 aliphatic heterocycles. The van der Waals surface area contributed by atoms with Crippen LogP contribution in [0.25, 0.3) is 16.7 Å². The predicted octanol–water partition coefficient (Wildman–Crippen LogP) is 0.550. The lowest BCUT2D eigenvalue weighted by Gasteiger charge is -2.07. The van der Waals surface area contributed by atoms with E-state index in [2.05, 4.69) is 5.10 Å². The van der Waals surface area contributed by atoms with Crippen LogP contribution < -0.4 is 5.11 Å². The molecular formula is C14H12N3O3-. The fourth-order valence-corrected chi connectivity index (χ4v) is 2.62. The van der Waals surface area contributed by atoms with Crippen molar-refractivity contribution in [3.63, 3.8) is 0 Å². The molecular weight excluding hydrogens is 258 g/mol. The van der Waals surface area contributed by atoms with Crippen molar-refractivity contribution >= 4 is 28.4 Å². The molecule has 0 spiro atoms. The first kappa shape index (κ1) is 12.4. The number of hydrogen-bond donors (Lipinski definition) is 0. The highest BCUT2D eigenvalue weighted by molar-refractivity contribution is 6.03. The number of carboxylic acids is 1. The Bertz CT molecular complexity index is 857. The van der Waals surface area contributed by atoms with E-state index < -0.39 is 5.97 Å². The second-order valence-corrected chi connectivity index (χ2v) is 4.70. The zero-order valence-corrected chi connectivity index (χ0v) is 11.1. The van der Waals surface area contributed by atoms with Crippen LogP contribution in [0, 0.1) is 6.92 Å². The summed E-state index contributed by atoms with van der Waals surface area (Å²) in [6, 6.07) is 7.29. The van der Waals surface area contributed by atoms with Crippen molar-refractivity contribution in [1.29, 1.82) is 0 Å². The van der Waals surface area contributed by atoms with E-state index in [4.69, 9.17) is 0 Å². The average Bonchev–Trinajstić information content (AvgIpc) is 2.85. The van der Waals surface area contributed by atoms with Gasteiger partial charge in [0.2, 0.25) is 0 Å². The van der Waals surface area contributed by atoms with Gasteiger partial charge in [-0.2, -0.15) is 5.10 Å². The fourth-order valence-electron chi connectivity index (χ4n) is 2.62. The average molecular weight is 270 g/mol. The van der Waals surface area contributed by atoms with Gasteiger partial charge in [-0.05, 0) is 26.0 Å². The number of aliphatic carboxylic acids is 1. The topological polar surface area (TPSA) is 79.4 Å². The summed E-state index contributed by atoms with van der Waals surface area (Å²) in [5.41, 5.74) is 3.01. The number of ketones is 1. The van der Waals surface area contributed by atoms with Crippen LogP contribution in [0.1, 0.15) is 23.0 Å². The third kappa shape index (κ3) is 1.61. The number of carboxylic acid groups (broad SMARTS) is 1. The molecule has 0 bridgehead atoms. The number of hydrogen-bond acceptors (Lipinski definition) is 4. The largest absolute Gasteiger partial charge is 0.548 e. The Hall–Kier alpha value is -2.63. The Morgan fingerprint density at radius 2 is 1.90 bits per heavy atom. The number of carbonyl (C=O) groups excluding carboxylic acids is 2. The number of aromatic nitrogens is 3. The van der Waals surface area contributed by atoms with E-state index in [9.17, 15) is 14.7 Å². The Balaban J connectivity index is 2.51. The highest BCUT2D eigenvalue weighted by Crippen LogP contribution is 2.25. The van der Waals surface area contributed by atoms with Crippen molar-refractivity contribution in [2.45, 2.75) is 20.4 Å². The normalized spacial score (nSPS) is 11.3. The number of aryl methyl sites for hydroxylation is 1. The van der Waals surface area contributed by atoms with E-state index in [1.165, 1.54) is 6.92 Å². The van der Waals surface area contributed by atoms with Crippen molar-refractivity contribution in [2.75, 3.05) is 0 Å². The van der Waals surface area contributed by atoms with Crippen LogP contribution in [0.4, 0.5) is 0 Å². The number of rotatable bonds is 3. The maximum Gasteiger partial charge on any atom is 0.165 e. The molecule has 0 saturated heterocycles. The summed E-state index contributed by atoms with van der Waals surface area (Å²) < 4.78 is 3.17. The zero-order valence-electron chi connectivity index (χ0n) is 11.1. The number of Topliss-reactive ketones (excluding diaryl/α,β-unsaturated/α-hetero) is 1. The highest BCUT2D eigenvalue weighted by Gasteiger charge is 2.21. The molecule has 2 heterocycles. The summed E-state index contributed by atoms with van der Waals surface area (Å²) in [6.45, 7) is 2.87. The van der Waals surface area contributed by atoms with Crippen LogP contribution in [0.15, 0.2) is 24.3 Å². The summed E-state index contributed by atoms with van der Waals surface area (Å²) in [4.78, 5) is 22.8. The zero-order chi connectivity index (χ0) is 14.4. The van der Waals surface area contributed by atoms with E-state index in [1.807, 2.05) is 18.2 Å². The summed E-state index contributed by atoms with van der Waals surface area (Å²) in [5, 5.41) is 15.3. The van der Waals surface area contributed by atoms with E-state index in [-0.39, 0.29) is 12.3 Å². The van der Waals surface area contributed by atoms with E-state index in [1.54, 1.807) is 22.1 Å². The van der Waals surface area contributed by atoms with Crippen LogP contribution in [0.2, 0.25) is 0 Å². The lowest BCUT2D eigenvalue weighted by molar-refractivity contribution is -0.306. The van der Waals surface area contributed by atoms with Gasteiger partial charge in [0.05, 0.1) is 34.8 Å². The first-order valence-electron chi connectivity index (χ1n) is 6.18. The van der Waals surface area contributed by atoms with Crippen LogP contribution >= 0.6 is 0 Å². The number of imidazole rings is 1. The van der Waals surface area contributed by atoms with Gasteiger partial charge in [0, 0.05) is 0 Å². The van der Waals surface area contributed by atoms with Crippen molar-refractivity contribution in [2.24, 2.45) is 0 Å². The van der Waals surface area contributed by atoms with Gasteiger partial charge in [-0.1, -0.05) is 12.1 Å². The number of benzene rings is 1. The van der Waals surface area contributed by atoms with Gasteiger partial charge in [0.1, 0.15) is 5.65 Å². The van der Waals surface area contributed by atoms with Crippen LogP contribution in [0.3, 0.4) is 0 Å². The minimum Gasteiger partial charge on any atom is -0.548 e. The smallest absolute Gasteiger partial charge is 0.165 e. The predicted molar refractivity (Wildman–Crippen MR) is 70.4 cm³/mol. The van der Waals surface area contributed by atoms with Crippen molar-refractivity contribution in [3.8, 4) is 0 Å². The third-order valence-corrected chi connectivity index (χ3v) is 3.33. The first-order chi connectivity index (χ1) is 9.50. The quantitative estimate of drug-likeness (QED) is 0.651. The molecule has 3 aromatic rings. The van der Waals surface area contributed by atoms with Gasteiger partial charge in [-0.25, -0.2) is 4.52 Å². The molecule has 0 atom stereocenters. The van der Waals surface area contributed by atoms with Crippen molar-refractivity contribution < 1.29 is 14.7 Å². The van der Waals surface area contributed by atoms with Gasteiger partial charge in [-0.3, -0.25) is 4.79 Å². The Kier molecular flexibility index (Phi) is 2.60. The molecule has 102 valence electrons. The Morgan fingerprint density at radius 1 is 1.25 bits per heavy atom. The Labute approximate surface area is 114 Å². The maximum absolute atomic E-state index is 11.8. The molecule has 3 rings (SSSR count). The van der Waals surface area contributed by atoms with Gasteiger partial charge in [0.25, 0.3) is 0 Å². The molecule has 0 aliphatic carbocycles. The molecule has 6 nitrogen and oxygen atoms in total. The molecule has 6 heteroatoms. The number of para-hydroxylation sites is 2. The molecule has 2 aromatic heterocycles. The van der Waals surface area contributed by atoms with Gasteiger partial charge in [-0.15, -0.1) is 0 Å². The molecule has 1 aromatic carbocycles. The number of fused-ring (bicyclic) bond motifs is 3. The minimum absolute atomic E-state index is 0.139. The van der Waals surface area contributed by atoms with Gasteiger partial charge >= 0.3 is 0 Å². The van der Waals surface area contributed by atoms with Crippen LogP contribution in [-0.2, 0) is 11.3 Å². The van der Waals surface area contributed by atoms with Gasteiger partial charge in [0.15, 0.2) is 5.78 Å². The summed E-state index contributed by atoms with van der Waals surface area (Å²) in [7, 11) is 0. The number of carbonyl (C=O) groups is 2. The summed E-state index contributed by atoms with van der Waals surface area (Å²) >= 11 is 0. The second kappa shape index (κ2) is 4.19. The van der Waals surface area contributed by atoms with Crippen molar-refractivity contribution in [1.82, 2.24) is 14.2 Å². The van der Waals surface area contributed by atoms with Crippen LogP contribution in [0.5, 0.6) is 0 Å². The lowest BCUT2D eigenvalue weighted by atomic mass is 10.2. The minimum atomic E-state index is -1.21. The maximum atomic E-state index is 11.8. The lowest BCUT2D eigenvalue weighted by Crippen LogP contribution is -2.27. The highest BCUT2D eigenvalue weighted by atomic mass is 16.4. The summed E-state index contributed by atoms with van der Waals surface area (Å²) in [6.07, 6.45) is 0. The van der Waals surface area contributed by atoms with E-state index >= 15 is 0 Å². The van der Waals surface area contributed by atoms with Crippen molar-refractivity contribution in [3.05, 3.63) is 35.5 Å². The molecule has 0 unspecified atom stereocenters. The van der Waals surface area contributed by atoms with E-state index in [0.717, 1.165) is 5.52 Å². The second-order valence-electron chi connectivity index (χ2n) is 4.70. The molecule has 0 aliphatic rings. The monoisotopic (exact) mass is 270 g/mol. The fraction of sp³-hybridized carbons (Fsp3) is 0.214. The number of nitrogens with zero attached hydrogens (tertiary/aromatic N) is 3. The first-order valence-corrected chi connectivity index (χ1v) is 6.18. The van der Waals surface area contributed by atoms with Crippen LogP contribution in [-0.4, -0.2) is 25.9 Å². The third-order valence-electron chi connectivity index (χ3n) is 3.33. The molecule has 0 amide bonds. The molecule has 20 heavy (non-hydrogen) atoms. The van der Waals surface area contributed by atoms with E-state index in [0.29, 0.717) is 22.4 Å². The molecule has 0 saturated carbocycles.